The van der Waals surface area contributed by atoms with E-state index in [9.17, 15) is 4.79 Å². The van der Waals surface area contributed by atoms with Gasteiger partial charge >= 0.3 is 0 Å². The van der Waals surface area contributed by atoms with Gasteiger partial charge in [-0.2, -0.15) is 0 Å². The van der Waals surface area contributed by atoms with Crippen LogP contribution in [0.25, 0.3) is 11.3 Å². The maximum atomic E-state index is 11.6. The maximum Gasteiger partial charge on any atom is 0.161 e. The van der Waals surface area contributed by atoms with Gasteiger partial charge in [-0.05, 0) is 42.8 Å². The van der Waals surface area contributed by atoms with Crippen molar-refractivity contribution in [1.29, 1.82) is 0 Å². The van der Waals surface area contributed by atoms with Crippen molar-refractivity contribution in [3.05, 3.63) is 48.7 Å². The Morgan fingerprint density at radius 3 is 2.57 bits per heavy atom. The summed E-state index contributed by atoms with van der Waals surface area (Å²) in [6, 6.07) is 13.6. The highest BCUT2D eigenvalue weighted by molar-refractivity contribution is 5.81. The molecule has 1 aromatic heterocycles. The second-order valence-electron chi connectivity index (χ2n) is 5.42. The topological polar surface area (TPSA) is 48.4 Å². The van der Waals surface area contributed by atoms with Crippen molar-refractivity contribution in [2.75, 3.05) is 19.8 Å². The first-order chi connectivity index (χ1) is 11.2. The van der Waals surface area contributed by atoms with E-state index in [-0.39, 0.29) is 18.3 Å². The van der Waals surface area contributed by atoms with Gasteiger partial charge in [-0.25, -0.2) is 0 Å². The molecule has 0 bridgehead atoms. The second kappa shape index (κ2) is 9.06. The van der Waals surface area contributed by atoms with Gasteiger partial charge in [-0.1, -0.05) is 19.9 Å². The summed E-state index contributed by atoms with van der Waals surface area (Å²) in [5, 5.41) is 0. The van der Waals surface area contributed by atoms with E-state index in [1.807, 2.05) is 56.3 Å². The molecule has 0 aliphatic carbocycles. The third-order valence-corrected chi connectivity index (χ3v) is 3.72. The van der Waals surface area contributed by atoms with E-state index < -0.39 is 0 Å². The van der Waals surface area contributed by atoms with Crippen LogP contribution in [-0.2, 0) is 9.53 Å². The van der Waals surface area contributed by atoms with Crippen LogP contribution in [-0.4, -0.2) is 30.6 Å². The number of nitrogens with zero attached hydrogens (tertiary/aromatic N) is 1. The molecule has 0 saturated heterocycles. The Labute approximate surface area is 137 Å². The summed E-state index contributed by atoms with van der Waals surface area (Å²) in [6.45, 7) is 4.92. The van der Waals surface area contributed by atoms with Crippen molar-refractivity contribution < 1.29 is 14.3 Å². The van der Waals surface area contributed by atoms with Crippen LogP contribution >= 0.6 is 0 Å². The highest BCUT2D eigenvalue weighted by Crippen LogP contribution is 2.20. The third-order valence-electron chi connectivity index (χ3n) is 3.72. The van der Waals surface area contributed by atoms with E-state index in [0.717, 1.165) is 23.4 Å². The molecule has 0 fully saturated rings. The molecular formula is C19H23NO3. The van der Waals surface area contributed by atoms with Crippen LogP contribution in [0, 0.1) is 5.92 Å². The SMILES string of the molecule is CCC(C)C(=O)COCCOc1ccc(-c2ccccn2)cc1. The van der Waals surface area contributed by atoms with E-state index in [1.54, 1.807) is 6.20 Å². The number of rotatable bonds is 9. The molecule has 1 aromatic carbocycles. The summed E-state index contributed by atoms with van der Waals surface area (Å²) < 4.78 is 11.0. The molecule has 0 spiro atoms. The van der Waals surface area contributed by atoms with E-state index in [2.05, 4.69) is 4.98 Å². The number of Topliss-reactive ketones (excluding diaryl/α,β-unsaturated/α-hetero) is 1. The van der Waals surface area contributed by atoms with Gasteiger partial charge in [0.1, 0.15) is 19.0 Å². The smallest absolute Gasteiger partial charge is 0.161 e. The number of benzene rings is 1. The van der Waals surface area contributed by atoms with Crippen molar-refractivity contribution in [3.63, 3.8) is 0 Å². The summed E-state index contributed by atoms with van der Waals surface area (Å²) >= 11 is 0. The van der Waals surface area contributed by atoms with Crippen molar-refractivity contribution in [2.24, 2.45) is 5.92 Å². The highest BCUT2D eigenvalue weighted by Gasteiger charge is 2.10. The number of ether oxygens (including phenoxy) is 2. The standard InChI is InChI=1S/C19H23NO3/c1-3-15(2)19(21)14-22-12-13-23-17-9-7-16(8-10-17)18-6-4-5-11-20-18/h4-11,15H,3,12-14H2,1-2H3. The lowest BCUT2D eigenvalue weighted by Crippen LogP contribution is -2.18. The lowest BCUT2D eigenvalue weighted by atomic mass is 10.1. The van der Waals surface area contributed by atoms with Gasteiger partial charge in [-0.15, -0.1) is 0 Å². The molecule has 4 heteroatoms. The van der Waals surface area contributed by atoms with E-state index in [4.69, 9.17) is 9.47 Å². The summed E-state index contributed by atoms with van der Waals surface area (Å²) in [5.74, 6) is 0.990. The molecule has 122 valence electrons. The van der Waals surface area contributed by atoms with Gasteiger partial charge < -0.3 is 9.47 Å². The van der Waals surface area contributed by atoms with Gasteiger partial charge in [0.25, 0.3) is 0 Å². The number of aromatic nitrogens is 1. The van der Waals surface area contributed by atoms with E-state index >= 15 is 0 Å². The Kier molecular flexibility index (Phi) is 6.76. The van der Waals surface area contributed by atoms with E-state index in [0.29, 0.717) is 13.2 Å². The Morgan fingerprint density at radius 2 is 1.91 bits per heavy atom. The molecule has 4 nitrogen and oxygen atoms in total. The van der Waals surface area contributed by atoms with Gasteiger partial charge in [-0.3, -0.25) is 9.78 Å². The molecule has 23 heavy (non-hydrogen) atoms. The summed E-state index contributed by atoms with van der Waals surface area (Å²) in [4.78, 5) is 15.9. The Bertz CT molecular complexity index is 596. The van der Waals surface area contributed by atoms with Gasteiger partial charge in [0.15, 0.2) is 5.78 Å². The average Bonchev–Trinajstić information content (AvgIpc) is 2.61. The number of ketones is 1. The molecule has 1 unspecified atom stereocenters. The van der Waals surface area contributed by atoms with Crippen LogP contribution in [0.4, 0.5) is 0 Å². The number of carbonyl (C=O) groups excluding carboxylic acids is 1. The Balaban J connectivity index is 1.72. The molecule has 1 heterocycles. The zero-order valence-electron chi connectivity index (χ0n) is 13.7. The predicted molar refractivity (Wildman–Crippen MR) is 90.4 cm³/mol. The minimum Gasteiger partial charge on any atom is -0.491 e. The minimum atomic E-state index is 0.0649. The summed E-state index contributed by atoms with van der Waals surface area (Å²) in [5.41, 5.74) is 1.99. The van der Waals surface area contributed by atoms with Gasteiger partial charge in [0.05, 0.1) is 12.3 Å². The monoisotopic (exact) mass is 313 g/mol. The third kappa shape index (κ3) is 5.49. The maximum absolute atomic E-state index is 11.6. The number of hydrogen-bond donors (Lipinski definition) is 0. The Morgan fingerprint density at radius 1 is 1.13 bits per heavy atom. The van der Waals surface area contributed by atoms with Gasteiger partial charge in [0, 0.05) is 17.7 Å². The molecule has 0 aliphatic heterocycles. The first-order valence-corrected chi connectivity index (χ1v) is 7.95. The molecule has 0 radical (unpaired) electrons. The fourth-order valence-electron chi connectivity index (χ4n) is 2.02. The highest BCUT2D eigenvalue weighted by atomic mass is 16.5. The normalized spacial score (nSPS) is 11.9. The summed E-state index contributed by atoms with van der Waals surface area (Å²) in [6.07, 6.45) is 2.62. The van der Waals surface area contributed by atoms with Crippen LogP contribution in [0.15, 0.2) is 48.7 Å². The number of pyridine rings is 1. The van der Waals surface area contributed by atoms with Crippen LogP contribution in [0.3, 0.4) is 0 Å². The molecule has 1 atom stereocenters. The molecule has 0 amide bonds. The molecule has 0 aliphatic rings. The zero-order chi connectivity index (χ0) is 16.5. The second-order valence-corrected chi connectivity index (χ2v) is 5.42. The van der Waals surface area contributed by atoms with Crippen LogP contribution in [0.2, 0.25) is 0 Å². The van der Waals surface area contributed by atoms with Gasteiger partial charge in [0.2, 0.25) is 0 Å². The Hall–Kier alpha value is -2.20. The van der Waals surface area contributed by atoms with Crippen molar-refractivity contribution >= 4 is 5.78 Å². The molecule has 0 saturated carbocycles. The minimum absolute atomic E-state index is 0.0649. The molecule has 2 rings (SSSR count). The average molecular weight is 313 g/mol. The van der Waals surface area contributed by atoms with Crippen LogP contribution in [0.5, 0.6) is 5.75 Å². The molecular weight excluding hydrogens is 290 g/mol. The number of carbonyl (C=O) groups is 1. The largest absolute Gasteiger partial charge is 0.491 e. The van der Waals surface area contributed by atoms with Crippen molar-refractivity contribution in [3.8, 4) is 17.0 Å². The fraction of sp³-hybridized carbons (Fsp3) is 0.368. The van der Waals surface area contributed by atoms with Crippen LogP contribution in [0.1, 0.15) is 20.3 Å². The first kappa shape index (κ1) is 17.2. The zero-order valence-corrected chi connectivity index (χ0v) is 13.7. The van der Waals surface area contributed by atoms with Crippen LogP contribution < -0.4 is 4.74 Å². The van der Waals surface area contributed by atoms with Crippen molar-refractivity contribution in [1.82, 2.24) is 4.98 Å². The quantitative estimate of drug-likeness (QED) is 0.661. The molecule has 0 N–H and O–H groups in total. The number of hydrogen-bond acceptors (Lipinski definition) is 4. The lowest BCUT2D eigenvalue weighted by molar-refractivity contribution is -0.127. The first-order valence-electron chi connectivity index (χ1n) is 7.95. The predicted octanol–water partition coefficient (Wildman–Crippen LogP) is 3.76. The van der Waals surface area contributed by atoms with E-state index in [1.165, 1.54) is 0 Å². The van der Waals surface area contributed by atoms with Crippen molar-refractivity contribution in [2.45, 2.75) is 20.3 Å². The molecule has 2 aromatic rings. The fourth-order valence-corrected chi connectivity index (χ4v) is 2.02. The lowest BCUT2D eigenvalue weighted by Gasteiger charge is -2.09. The summed E-state index contributed by atoms with van der Waals surface area (Å²) in [7, 11) is 0.